The van der Waals surface area contributed by atoms with Crippen LogP contribution in [0, 0.1) is 10.1 Å². The number of benzene rings is 1. The highest BCUT2D eigenvalue weighted by Gasteiger charge is 2.19. The lowest BCUT2D eigenvalue weighted by atomic mass is 10.2. The van der Waals surface area contributed by atoms with Gasteiger partial charge in [0.05, 0.1) is 11.5 Å². The van der Waals surface area contributed by atoms with Crippen molar-refractivity contribution in [1.29, 1.82) is 0 Å². The molecule has 0 radical (unpaired) electrons. The van der Waals surface area contributed by atoms with E-state index in [1.165, 1.54) is 18.0 Å². The van der Waals surface area contributed by atoms with Gasteiger partial charge in [0.15, 0.2) is 0 Å². The van der Waals surface area contributed by atoms with Gasteiger partial charge in [-0.2, -0.15) is 4.41 Å². The lowest BCUT2D eigenvalue weighted by Gasteiger charge is -2.00. The van der Waals surface area contributed by atoms with E-state index in [-0.39, 0.29) is 5.69 Å². The maximum Gasteiger partial charge on any atom is 0.270 e. The standard InChI is InChI=1S/C7H7N3O2S/c8-9-4-5-1-2-6(10(11)12)3-7(5)13-9/h1-3H,4,8H2. The summed E-state index contributed by atoms with van der Waals surface area (Å²) in [6.07, 6.45) is 0. The Morgan fingerprint density at radius 3 is 3.08 bits per heavy atom. The van der Waals surface area contributed by atoms with Crippen LogP contribution < -0.4 is 5.84 Å². The predicted molar refractivity (Wildman–Crippen MR) is 48.7 cm³/mol. The van der Waals surface area contributed by atoms with E-state index in [4.69, 9.17) is 5.84 Å². The molecule has 0 bridgehead atoms. The predicted octanol–water partition coefficient (Wildman–Crippen LogP) is 1.29. The average molecular weight is 197 g/mol. The molecule has 1 aromatic rings. The Bertz CT molecular complexity index is 369. The van der Waals surface area contributed by atoms with Gasteiger partial charge in [0, 0.05) is 17.0 Å². The average Bonchev–Trinajstić information content (AvgIpc) is 2.42. The lowest BCUT2D eigenvalue weighted by Crippen LogP contribution is -2.17. The zero-order valence-corrected chi connectivity index (χ0v) is 7.45. The number of nitro benzene ring substituents is 1. The van der Waals surface area contributed by atoms with Crippen molar-refractivity contribution in [2.24, 2.45) is 5.84 Å². The van der Waals surface area contributed by atoms with E-state index >= 15 is 0 Å². The van der Waals surface area contributed by atoms with E-state index in [0.29, 0.717) is 6.54 Å². The molecule has 1 heterocycles. The van der Waals surface area contributed by atoms with Gasteiger partial charge in [-0.15, -0.1) is 0 Å². The Hall–Kier alpha value is -1.11. The summed E-state index contributed by atoms with van der Waals surface area (Å²) < 4.78 is 1.55. The largest absolute Gasteiger partial charge is 0.270 e. The molecule has 0 fully saturated rings. The molecule has 2 N–H and O–H groups in total. The molecule has 0 aromatic heterocycles. The van der Waals surface area contributed by atoms with E-state index in [1.54, 1.807) is 16.5 Å². The Labute approximate surface area is 78.8 Å². The first-order chi connectivity index (χ1) is 6.16. The topological polar surface area (TPSA) is 72.4 Å². The molecule has 0 atom stereocenters. The summed E-state index contributed by atoms with van der Waals surface area (Å²) in [5.41, 5.74) is 1.15. The van der Waals surface area contributed by atoms with E-state index in [1.807, 2.05) is 0 Å². The third-order valence-electron chi connectivity index (χ3n) is 1.80. The molecule has 2 rings (SSSR count). The Morgan fingerprint density at radius 1 is 1.62 bits per heavy atom. The molecule has 1 aliphatic rings. The van der Waals surface area contributed by atoms with Crippen LogP contribution in [0.15, 0.2) is 23.1 Å². The highest BCUT2D eigenvalue weighted by atomic mass is 32.2. The number of nitrogens with zero attached hydrogens (tertiary/aromatic N) is 2. The molecule has 0 amide bonds. The van der Waals surface area contributed by atoms with Crippen LogP contribution in [0.4, 0.5) is 5.69 Å². The van der Waals surface area contributed by atoms with Crippen molar-refractivity contribution in [3.8, 4) is 0 Å². The Kier molecular flexibility index (Phi) is 1.95. The fourth-order valence-electron chi connectivity index (χ4n) is 1.20. The second-order valence-corrected chi connectivity index (χ2v) is 3.81. The summed E-state index contributed by atoms with van der Waals surface area (Å²) in [7, 11) is 0. The van der Waals surface area contributed by atoms with Crippen LogP contribution in [0.5, 0.6) is 0 Å². The van der Waals surface area contributed by atoms with Gasteiger partial charge in [0.2, 0.25) is 0 Å². The van der Waals surface area contributed by atoms with Crippen molar-refractivity contribution >= 4 is 17.6 Å². The molecule has 5 nitrogen and oxygen atoms in total. The van der Waals surface area contributed by atoms with Crippen molar-refractivity contribution in [3.05, 3.63) is 33.9 Å². The second kappa shape index (κ2) is 2.99. The first-order valence-corrected chi connectivity index (χ1v) is 4.41. The third-order valence-corrected chi connectivity index (χ3v) is 2.74. The number of fused-ring (bicyclic) bond motifs is 1. The minimum atomic E-state index is -0.403. The highest BCUT2D eigenvalue weighted by Crippen LogP contribution is 2.35. The molecular formula is C7H7N3O2S. The number of non-ortho nitro benzene ring substituents is 1. The SMILES string of the molecule is NN1Cc2ccc([N+](=O)[O-])cc2S1. The second-order valence-electron chi connectivity index (χ2n) is 2.72. The third kappa shape index (κ3) is 1.51. The van der Waals surface area contributed by atoms with Gasteiger partial charge in [0.1, 0.15) is 0 Å². The molecule has 0 saturated carbocycles. The number of rotatable bonds is 1. The van der Waals surface area contributed by atoms with Gasteiger partial charge in [-0.05, 0) is 23.6 Å². The molecule has 0 aliphatic carbocycles. The fourth-order valence-corrected chi connectivity index (χ4v) is 2.08. The first-order valence-electron chi connectivity index (χ1n) is 3.64. The molecular weight excluding hydrogens is 190 g/mol. The number of hydrogen-bond donors (Lipinski definition) is 1. The molecule has 0 spiro atoms. The van der Waals surface area contributed by atoms with Crippen molar-refractivity contribution in [1.82, 2.24) is 4.41 Å². The molecule has 0 unspecified atom stereocenters. The number of nitrogens with two attached hydrogens (primary N) is 1. The quantitative estimate of drug-likeness (QED) is 0.318. The smallest absolute Gasteiger partial charge is 0.258 e. The van der Waals surface area contributed by atoms with Crippen LogP contribution >= 0.6 is 11.9 Å². The van der Waals surface area contributed by atoms with Crippen LogP contribution in [-0.4, -0.2) is 9.34 Å². The summed E-state index contributed by atoms with van der Waals surface area (Å²) >= 11 is 1.33. The van der Waals surface area contributed by atoms with E-state index in [2.05, 4.69) is 0 Å². The Morgan fingerprint density at radius 2 is 2.38 bits per heavy atom. The summed E-state index contributed by atoms with van der Waals surface area (Å²) in [6, 6.07) is 4.79. The van der Waals surface area contributed by atoms with Crippen molar-refractivity contribution in [3.63, 3.8) is 0 Å². The molecule has 1 aromatic carbocycles. The molecule has 68 valence electrons. The van der Waals surface area contributed by atoms with E-state index in [9.17, 15) is 10.1 Å². The number of hydrogen-bond acceptors (Lipinski definition) is 5. The summed E-state index contributed by atoms with van der Waals surface area (Å²) in [5.74, 6) is 5.54. The monoisotopic (exact) mass is 197 g/mol. The van der Waals surface area contributed by atoms with E-state index < -0.39 is 4.92 Å². The van der Waals surface area contributed by atoms with Crippen LogP contribution in [0.1, 0.15) is 5.56 Å². The minimum Gasteiger partial charge on any atom is -0.258 e. The van der Waals surface area contributed by atoms with Gasteiger partial charge >= 0.3 is 0 Å². The van der Waals surface area contributed by atoms with Gasteiger partial charge in [-0.1, -0.05) is 0 Å². The van der Waals surface area contributed by atoms with Gasteiger partial charge in [-0.3, -0.25) is 16.0 Å². The highest BCUT2D eigenvalue weighted by molar-refractivity contribution is 7.97. The number of nitro groups is 1. The van der Waals surface area contributed by atoms with Gasteiger partial charge in [-0.25, -0.2) is 0 Å². The first kappa shape index (κ1) is 8.49. The van der Waals surface area contributed by atoms with Crippen molar-refractivity contribution < 1.29 is 4.92 Å². The summed E-state index contributed by atoms with van der Waals surface area (Å²) in [5, 5.41) is 10.4. The van der Waals surface area contributed by atoms with Crippen molar-refractivity contribution in [2.45, 2.75) is 11.4 Å². The molecule has 0 saturated heterocycles. The van der Waals surface area contributed by atoms with Crippen LogP contribution in [-0.2, 0) is 6.54 Å². The van der Waals surface area contributed by atoms with Crippen LogP contribution in [0.25, 0.3) is 0 Å². The zero-order valence-electron chi connectivity index (χ0n) is 6.64. The molecule has 1 aliphatic heterocycles. The van der Waals surface area contributed by atoms with Crippen LogP contribution in [0.3, 0.4) is 0 Å². The maximum atomic E-state index is 10.4. The summed E-state index contributed by atoms with van der Waals surface area (Å²) in [4.78, 5) is 10.9. The normalized spacial score (nSPS) is 15.8. The maximum absolute atomic E-state index is 10.4. The lowest BCUT2D eigenvalue weighted by molar-refractivity contribution is -0.385. The van der Waals surface area contributed by atoms with E-state index in [0.717, 1.165) is 10.5 Å². The fraction of sp³-hybridized carbons (Fsp3) is 0.143. The summed E-state index contributed by atoms with van der Waals surface area (Å²) in [6.45, 7) is 0.637. The Balaban J connectivity index is 2.40. The molecule has 13 heavy (non-hydrogen) atoms. The minimum absolute atomic E-state index is 0.113. The van der Waals surface area contributed by atoms with Crippen LogP contribution in [0.2, 0.25) is 0 Å². The molecule has 6 heteroatoms. The van der Waals surface area contributed by atoms with Gasteiger partial charge < -0.3 is 0 Å². The van der Waals surface area contributed by atoms with Crippen molar-refractivity contribution in [2.75, 3.05) is 0 Å². The zero-order chi connectivity index (χ0) is 9.42. The number of hydrazine groups is 1. The van der Waals surface area contributed by atoms with Gasteiger partial charge in [0.25, 0.3) is 5.69 Å².